The van der Waals surface area contributed by atoms with E-state index in [1.807, 2.05) is 13.0 Å². The highest BCUT2D eigenvalue weighted by molar-refractivity contribution is 6.02. The summed E-state index contributed by atoms with van der Waals surface area (Å²) in [6.45, 7) is 8.03. The Morgan fingerprint density at radius 3 is 2.59 bits per heavy atom. The highest BCUT2D eigenvalue weighted by Crippen LogP contribution is 2.52. The fourth-order valence-corrected chi connectivity index (χ4v) is 4.89. The molecule has 0 aliphatic carbocycles. The molecule has 1 fully saturated rings. The van der Waals surface area contributed by atoms with E-state index in [0.29, 0.717) is 6.61 Å². The van der Waals surface area contributed by atoms with Gasteiger partial charge in [0, 0.05) is 37.9 Å². The Kier molecular flexibility index (Phi) is 4.70. The summed E-state index contributed by atoms with van der Waals surface area (Å²) < 4.78 is 12.8. The normalized spacial score (nSPS) is 22.6. The van der Waals surface area contributed by atoms with Crippen LogP contribution >= 0.6 is 0 Å². The molecule has 5 rings (SSSR count). The maximum atomic E-state index is 6.80. The predicted molar refractivity (Wildman–Crippen MR) is 114 cm³/mol. The molecule has 0 N–H and O–H groups in total. The minimum Gasteiger partial charge on any atom is -0.490 e. The van der Waals surface area contributed by atoms with E-state index in [-0.39, 0.29) is 6.04 Å². The topological polar surface area (TPSA) is 37.3 Å². The van der Waals surface area contributed by atoms with Gasteiger partial charge in [0.05, 0.1) is 18.4 Å². The van der Waals surface area contributed by atoms with Gasteiger partial charge in [-0.15, -0.1) is 0 Å². The van der Waals surface area contributed by atoms with E-state index in [1.54, 1.807) is 0 Å². The SMILES string of the molecule is CCOc1cccc2c1OC1(CCN(CC)CC1)N1N=C(c3ccccc3)CC21. The molecule has 0 amide bonds. The van der Waals surface area contributed by atoms with Crippen LogP contribution in [0.15, 0.2) is 53.6 Å². The summed E-state index contributed by atoms with van der Waals surface area (Å²) in [5.74, 6) is 1.78. The first-order valence-electron chi connectivity index (χ1n) is 10.8. The van der Waals surface area contributed by atoms with Crippen LogP contribution in [0.5, 0.6) is 11.5 Å². The summed E-state index contributed by atoms with van der Waals surface area (Å²) in [7, 11) is 0. The highest BCUT2D eigenvalue weighted by Gasteiger charge is 2.52. The lowest BCUT2D eigenvalue weighted by molar-refractivity contribution is -0.150. The molecule has 0 bridgehead atoms. The van der Waals surface area contributed by atoms with Gasteiger partial charge in [-0.1, -0.05) is 49.4 Å². The Balaban J connectivity index is 1.58. The molecule has 29 heavy (non-hydrogen) atoms. The van der Waals surface area contributed by atoms with Crippen molar-refractivity contribution in [1.82, 2.24) is 9.91 Å². The van der Waals surface area contributed by atoms with Crippen molar-refractivity contribution in [1.29, 1.82) is 0 Å². The Morgan fingerprint density at radius 1 is 1.07 bits per heavy atom. The van der Waals surface area contributed by atoms with Crippen molar-refractivity contribution in [3.8, 4) is 11.5 Å². The molecule has 1 saturated heterocycles. The summed E-state index contributed by atoms with van der Waals surface area (Å²) in [6.07, 6.45) is 2.79. The molecule has 1 spiro atoms. The van der Waals surface area contributed by atoms with E-state index in [2.05, 4.69) is 59.3 Å². The zero-order valence-corrected chi connectivity index (χ0v) is 17.3. The smallest absolute Gasteiger partial charge is 0.200 e. The standard InChI is InChI=1S/C24H29N3O2/c1-3-26-15-13-24(14-16-26)27-21(17-20(25-27)18-9-6-5-7-10-18)19-11-8-12-22(28-4-2)23(19)29-24/h5-12,21H,3-4,13-17H2,1-2H3. The Labute approximate surface area is 172 Å². The summed E-state index contributed by atoms with van der Waals surface area (Å²) in [4.78, 5) is 2.49. The minimum atomic E-state index is -0.396. The molecule has 3 aliphatic heterocycles. The van der Waals surface area contributed by atoms with Crippen molar-refractivity contribution in [2.24, 2.45) is 5.10 Å². The number of hydrazone groups is 1. The second-order valence-corrected chi connectivity index (χ2v) is 8.07. The van der Waals surface area contributed by atoms with E-state index in [4.69, 9.17) is 14.6 Å². The zero-order chi connectivity index (χ0) is 19.8. The number of para-hydroxylation sites is 1. The molecule has 0 radical (unpaired) electrons. The van der Waals surface area contributed by atoms with E-state index in [9.17, 15) is 0 Å². The van der Waals surface area contributed by atoms with Gasteiger partial charge in [0.25, 0.3) is 0 Å². The quantitative estimate of drug-likeness (QED) is 0.772. The largest absolute Gasteiger partial charge is 0.490 e. The van der Waals surface area contributed by atoms with Gasteiger partial charge in [-0.3, -0.25) is 0 Å². The first kappa shape index (κ1) is 18.5. The molecule has 2 aromatic rings. The molecule has 1 atom stereocenters. The number of rotatable bonds is 4. The average Bonchev–Trinajstić information content (AvgIpc) is 3.23. The van der Waals surface area contributed by atoms with Crippen LogP contribution in [0, 0.1) is 0 Å². The summed E-state index contributed by atoms with van der Waals surface area (Å²) in [5, 5.41) is 7.43. The first-order valence-corrected chi connectivity index (χ1v) is 10.8. The molecule has 152 valence electrons. The highest BCUT2D eigenvalue weighted by atomic mass is 16.6. The van der Waals surface area contributed by atoms with Crippen LogP contribution < -0.4 is 9.47 Å². The number of likely N-dealkylation sites (tertiary alicyclic amines) is 1. The fraction of sp³-hybridized carbons (Fsp3) is 0.458. The third-order valence-electron chi connectivity index (χ3n) is 6.48. The van der Waals surface area contributed by atoms with Crippen LogP contribution in [-0.4, -0.2) is 47.6 Å². The van der Waals surface area contributed by atoms with Crippen LogP contribution in [0.4, 0.5) is 0 Å². The van der Waals surface area contributed by atoms with Crippen molar-refractivity contribution < 1.29 is 9.47 Å². The predicted octanol–water partition coefficient (Wildman–Crippen LogP) is 4.44. The Bertz CT molecular complexity index is 904. The van der Waals surface area contributed by atoms with Gasteiger partial charge in [0.1, 0.15) is 0 Å². The van der Waals surface area contributed by atoms with Crippen molar-refractivity contribution in [3.63, 3.8) is 0 Å². The molecule has 0 aromatic heterocycles. The summed E-state index contributed by atoms with van der Waals surface area (Å²) >= 11 is 0. The van der Waals surface area contributed by atoms with Crippen LogP contribution in [0.3, 0.4) is 0 Å². The average molecular weight is 392 g/mol. The van der Waals surface area contributed by atoms with Crippen molar-refractivity contribution in [2.45, 2.75) is 44.9 Å². The number of hydrogen-bond acceptors (Lipinski definition) is 5. The van der Waals surface area contributed by atoms with Gasteiger partial charge in [0.2, 0.25) is 5.72 Å². The monoisotopic (exact) mass is 391 g/mol. The van der Waals surface area contributed by atoms with E-state index < -0.39 is 5.72 Å². The summed E-state index contributed by atoms with van der Waals surface area (Å²) in [5.41, 5.74) is 3.14. The number of benzene rings is 2. The van der Waals surface area contributed by atoms with Gasteiger partial charge in [-0.25, -0.2) is 5.01 Å². The second-order valence-electron chi connectivity index (χ2n) is 8.07. The Hall–Kier alpha value is -2.53. The minimum absolute atomic E-state index is 0.197. The maximum Gasteiger partial charge on any atom is 0.200 e. The van der Waals surface area contributed by atoms with E-state index in [0.717, 1.165) is 56.1 Å². The van der Waals surface area contributed by atoms with E-state index in [1.165, 1.54) is 11.1 Å². The van der Waals surface area contributed by atoms with Gasteiger partial charge in [0.15, 0.2) is 11.5 Å². The van der Waals surface area contributed by atoms with Gasteiger partial charge in [-0.2, -0.15) is 5.10 Å². The van der Waals surface area contributed by atoms with E-state index >= 15 is 0 Å². The third-order valence-corrected chi connectivity index (χ3v) is 6.48. The molecule has 5 nitrogen and oxygen atoms in total. The number of piperidine rings is 1. The van der Waals surface area contributed by atoms with Crippen molar-refractivity contribution in [3.05, 3.63) is 59.7 Å². The lowest BCUT2D eigenvalue weighted by atomic mass is 9.90. The lowest BCUT2D eigenvalue weighted by Gasteiger charge is -2.51. The van der Waals surface area contributed by atoms with Gasteiger partial charge in [-0.05, 0) is 25.1 Å². The fourth-order valence-electron chi connectivity index (χ4n) is 4.89. The van der Waals surface area contributed by atoms with Crippen LogP contribution in [0.2, 0.25) is 0 Å². The molecule has 0 saturated carbocycles. The molecular formula is C24H29N3O2. The molecule has 3 heterocycles. The Morgan fingerprint density at radius 2 is 1.86 bits per heavy atom. The second kappa shape index (κ2) is 7.38. The summed E-state index contributed by atoms with van der Waals surface area (Å²) in [6, 6.07) is 17.0. The number of hydrogen-bond donors (Lipinski definition) is 0. The molecule has 2 aromatic carbocycles. The molecule has 5 heteroatoms. The van der Waals surface area contributed by atoms with Crippen LogP contribution in [0.1, 0.15) is 50.3 Å². The van der Waals surface area contributed by atoms with Crippen molar-refractivity contribution >= 4 is 5.71 Å². The third kappa shape index (κ3) is 3.08. The van der Waals surface area contributed by atoms with Crippen molar-refractivity contribution in [2.75, 3.05) is 26.2 Å². The zero-order valence-electron chi connectivity index (χ0n) is 17.3. The molecular weight excluding hydrogens is 362 g/mol. The van der Waals surface area contributed by atoms with Crippen LogP contribution in [-0.2, 0) is 0 Å². The molecule has 1 unspecified atom stereocenters. The van der Waals surface area contributed by atoms with Crippen LogP contribution in [0.25, 0.3) is 0 Å². The van der Waals surface area contributed by atoms with Gasteiger partial charge >= 0.3 is 0 Å². The maximum absolute atomic E-state index is 6.80. The molecule has 3 aliphatic rings. The first-order chi connectivity index (χ1) is 14.2. The van der Waals surface area contributed by atoms with Gasteiger partial charge < -0.3 is 14.4 Å². The number of nitrogens with zero attached hydrogens (tertiary/aromatic N) is 3. The number of fused-ring (bicyclic) bond motifs is 4. The number of ether oxygens (including phenoxy) is 2. The lowest BCUT2D eigenvalue weighted by Crippen LogP contribution is -2.59.